The van der Waals surface area contributed by atoms with Gasteiger partial charge in [-0.05, 0) is 29.8 Å². The van der Waals surface area contributed by atoms with Crippen molar-refractivity contribution >= 4 is 29.2 Å². The van der Waals surface area contributed by atoms with Gasteiger partial charge in [0.25, 0.3) is 0 Å². The number of fused-ring (bicyclic) bond motifs is 2. The van der Waals surface area contributed by atoms with Crippen LogP contribution in [0.2, 0.25) is 0 Å². The zero-order valence-electron chi connectivity index (χ0n) is 14.6. The molecule has 0 unspecified atom stereocenters. The van der Waals surface area contributed by atoms with E-state index in [9.17, 15) is 18.8 Å². The number of benzene rings is 3. The number of ketones is 2. The lowest BCUT2D eigenvalue weighted by Crippen LogP contribution is -2.23. The molecule has 28 heavy (non-hydrogen) atoms. The summed E-state index contributed by atoms with van der Waals surface area (Å²) in [6.07, 6.45) is 2.82. The molecule has 0 saturated heterocycles. The summed E-state index contributed by atoms with van der Waals surface area (Å²) in [5.74, 6) is -1.37. The Morgan fingerprint density at radius 2 is 1.43 bits per heavy atom. The van der Waals surface area contributed by atoms with Crippen molar-refractivity contribution in [2.45, 2.75) is 0 Å². The van der Waals surface area contributed by atoms with Gasteiger partial charge in [0.15, 0.2) is 11.6 Å². The third kappa shape index (κ3) is 3.14. The van der Waals surface area contributed by atoms with Gasteiger partial charge in [-0.3, -0.25) is 14.4 Å². The zero-order valence-corrected chi connectivity index (χ0v) is 14.6. The van der Waals surface area contributed by atoms with Crippen LogP contribution in [0.15, 0.2) is 72.8 Å². The molecule has 1 N–H and O–H groups in total. The minimum Gasteiger partial charge on any atom is -0.322 e. The van der Waals surface area contributed by atoms with Crippen molar-refractivity contribution in [3.05, 3.63) is 106 Å². The largest absolute Gasteiger partial charge is 0.322 e. The smallest absolute Gasteiger partial charge is 0.248 e. The van der Waals surface area contributed by atoms with Crippen molar-refractivity contribution in [1.29, 1.82) is 0 Å². The van der Waals surface area contributed by atoms with Crippen molar-refractivity contribution in [3.63, 3.8) is 0 Å². The fourth-order valence-electron chi connectivity index (χ4n) is 3.17. The van der Waals surface area contributed by atoms with Gasteiger partial charge in [0.1, 0.15) is 5.82 Å². The molecule has 4 nitrogen and oxygen atoms in total. The van der Waals surface area contributed by atoms with E-state index < -0.39 is 5.91 Å². The Morgan fingerprint density at radius 3 is 2.14 bits per heavy atom. The molecule has 1 amide bonds. The number of amides is 1. The summed E-state index contributed by atoms with van der Waals surface area (Å²) in [4.78, 5) is 37.9. The highest BCUT2D eigenvalue weighted by molar-refractivity contribution is 6.30. The van der Waals surface area contributed by atoms with E-state index in [4.69, 9.17) is 0 Å². The Morgan fingerprint density at radius 1 is 0.786 bits per heavy atom. The highest BCUT2D eigenvalue weighted by Crippen LogP contribution is 2.31. The van der Waals surface area contributed by atoms with Gasteiger partial charge in [-0.25, -0.2) is 4.39 Å². The summed E-state index contributed by atoms with van der Waals surface area (Å²) in [6.45, 7) is 0. The van der Waals surface area contributed by atoms with Gasteiger partial charge in [0.05, 0.1) is 11.3 Å². The van der Waals surface area contributed by atoms with Gasteiger partial charge in [0, 0.05) is 22.8 Å². The van der Waals surface area contributed by atoms with E-state index in [2.05, 4.69) is 5.32 Å². The maximum Gasteiger partial charge on any atom is 0.248 e. The number of nitrogens with one attached hydrogen (secondary N) is 1. The van der Waals surface area contributed by atoms with Gasteiger partial charge >= 0.3 is 0 Å². The summed E-state index contributed by atoms with van der Waals surface area (Å²) in [5.41, 5.74) is 2.08. The quantitative estimate of drug-likeness (QED) is 0.548. The molecule has 0 radical (unpaired) electrons. The van der Waals surface area contributed by atoms with E-state index in [1.165, 1.54) is 24.3 Å². The lowest BCUT2D eigenvalue weighted by atomic mass is 9.83. The predicted octanol–water partition coefficient (Wildman–Crippen LogP) is 4.25. The molecule has 0 aromatic heterocycles. The fraction of sp³-hybridized carbons (Fsp3) is 0. The monoisotopic (exact) mass is 371 g/mol. The summed E-state index contributed by atoms with van der Waals surface area (Å²) < 4.78 is 12.9. The van der Waals surface area contributed by atoms with Crippen LogP contribution in [0.25, 0.3) is 6.08 Å². The van der Waals surface area contributed by atoms with Crippen molar-refractivity contribution in [2.24, 2.45) is 0 Å². The van der Waals surface area contributed by atoms with Crippen LogP contribution in [0.3, 0.4) is 0 Å². The number of carbonyl (C=O) groups is 3. The molecule has 3 aromatic rings. The molecule has 0 atom stereocenters. The van der Waals surface area contributed by atoms with Crippen LogP contribution < -0.4 is 5.32 Å². The van der Waals surface area contributed by atoms with Gasteiger partial charge in [-0.1, -0.05) is 48.5 Å². The van der Waals surface area contributed by atoms with Crippen molar-refractivity contribution < 1.29 is 18.8 Å². The molecule has 4 rings (SSSR count). The van der Waals surface area contributed by atoms with Crippen LogP contribution in [-0.4, -0.2) is 17.5 Å². The zero-order chi connectivity index (χ0) is 19.7. The maximum atomic E-state index is 12.9. The first-order valence-electron chi connectivity index (χ1n) is 8.60. The lowest BCUT2D eigenvalue weighted by molar-refractivity contribution is -0.111. The molecule has 3 aromatic carbocycles. The minimum absolute atomic E-state index is 0.190. The summed E-state index contributed by atoms with van der Waals surface area (Å²) in [6, 6.07) is 17.1. The molecule has 1 aliphatic rings. The van der Waals surface area contributed by atoms with E-state index in [-0.39, 0.29) is 34.2 Å². The number of hydrogen-bond acceptors (Lipinski definition) is 3. The molecular formula is C23H14FNO3. The normalized spacial score (nSPS) is 12.6. The SMILES string of the molecule is O=C(C=Cc1ccc(F)cc1)Nc1cccc2c1C(=O)c1ccccc1C2=O. The number of hydrogen-bond donors (Lipinski definition) is 1. The molecule has 0 fully saturated rings. The van der Waals surface area contributed by atoms with Crippen LogP contribution in [0.1, 0.15) is 37.4 Å². The predicted molar refractivity (Wildman–Crippen MR) is 104 cm³/mol. The third-order valence-electron chi connectivity index (χ3n) is 4.51. The lowest BCUT2D eigenvalue weighted by Gasteiger charge is -2.20. The highest BCUT2D eigenvalue weighted by Gasteiger charge is 2.31. The second kappa shape index (κ2) is 7.04. The molecule has 136 valence electrons. The Labute approximate surface area is 160 Å². The standard InChI is InChI=1S/C23H14FNO3/c24-15-11-8-14(9-12-15)10-13-20(26)25-19-7-3-6-18-21(19)23(28)17-5-2-1-4-16(17)22(18)27/h1-13H,(H,25,26). The molecule has 1 aliphatic carbocycles. The van der Waals surface area contributed by atoms with Crippen molar-refractivity contribution in [2.75, 3.05) is 5.32 Å². The average Bonchev–Trinajstić information content (AvgIpc) is 2.71. The number of halogens is 1. The number of carbonyl (C=O) groups excluding carboxylic acids is 3. The van der Waals surface area contributed by atoms with Crippen LogP contribution >= 0.6 is 0 Å². The Bertz CT molecular complexity index is 1150. The van der Waals surface area contributed by atoms with E-state index in [0.29, 0.717) is 16.7 Å². The highest BCUT2D eigenvalue weighted by atomic mass is 19.1. The summed E-state index contributed by atoms with van der Waals surface area (Å²) in [5, 5.41) is 2.66. The van der Waals surface area contributed by atoms with Crippen molar-refractivity contribution in [3.8, 4) is 0 Å². The van der Waals surface area contributed by atoms with E-state index in [1.54, 1.807) is 54.6 Å². The van der Waals surface area contributed by atoms with Gasteiger partial charge in [-0.15, -0.1) is 0 Å². The number of anilines is 1. The first-order chi connectivity index (χ1) is 13.5. The van der Waals surface area contributed by atoms with Crippen LogP contribution in [0.4, 0.5) is 10.1 Å². The summed E-state index contributed by atoms with van der Waals surface area (Å²) in [7, 11) is 0. The number of rotatable bonds is 3. The Hall–Kier alpha value is -3.86. The Balaban J connectivity index is 1.63. The topological polar surface area (TPSA) is 63.2 Å². The van der Waals surface area contributed by atoms with Crippen molar-refractivity contribution in [1.82, 2.24) is 0 Å². The van der Waals surface area contributed by atoms with E-state index in [1.807, 2.05) is 0 Å². The van der Waals surface area contributed by atoms with E-state index >= 15 is 0 Å². The van der Waals surface area contributed by atoms with Crippen LogP contribution in [-0.2, 0) is 4.79 Å². The first-order valence-corrected chi connectivity index (χ1v) is 8.60. The van der Waals surface area contributed by atoms with E-state index in [0.717, 1.165) is 0 Å². The average molecular weight is 371 g/mol. The molecule has 0 bridgehead atoms. The third-order valence-corrected chi connectivity index (χ3v) is 4.51. The van der Waals surface area contributed by atoms with Crippen LogP contribution in [0, 0.1) is 5.82 Å². The molecule has 0 aliphatic heterocycles. The molecule has 0 heterocycles. The summed E-state index contributed by atoms with van der Waals surface area (Å²) >= 11 is 0. The Kier molecular flexibility index (Phi) is 4.41. The fourth-order valence-corrected chi connectivity index (χ4v) is 3.17. The van der Waals surface area contributed by atoms with Gasteiger partial charge in [-0.2, -0.15) is 0 Å². The first kappa shape index (κ1) is 17.5. The molecule has 5 heteroatoms. The molecule has 0 spiro atoms. The maximum absolute atomic E-state index is 12.9. The molecule has 0 saturated carbocycles. The minimum atomic E-state index is -0.461. The van der Waals surface area contributed by atoms with Gasteiger partial charge < -0.3 is 5.32 Å². The van der Waals surface area contributed by atoms with Crippen LogP contribution in [0.5, 0.6) is 0 Å². The van der Waals surface area contributed by atoms with Gasteiger partial charge in [0.2, 0.25) is 5.91 Å². The second-order valence-electron chi connectivity index (χ2n) is 6.31. The second-order valence-corrected chi connectivity index (χ2v) is 6.31. The molecular weight excluding hydrogens is 357 g/mol.